The molecule has 6 nitrogen and oxygen atoms in total. The van der Waals surface area contributed by atoms with Gasteiger partial charge in [0.25, 0.3) is 0 Å². The summed E-state index contributed by atoms with van der Waals surface area (Å²) in [5.74, 6) is -0.796. The zero-order valence-electron chi connectivity index (χ0n) is 17.1. The van der Waals surface area contributed by atoms with Crippen molar-refractivity contribution in [1.82, 2.24) is 0 Å². The van der Waals surface area contributed by atoms with E-state index in [1.165, 1.54) is 0 Å². The van der Waals surface area contributed by atoms with Gasteiger partial charge in [0.2, 0.25) is 0 Å². The van der Waals surface area contributed by atoms with Gasteiger partial charge in [-0.3, -0.25) is 0 Å². The smallest absolute Gasteiger partial charge is 0.338 e. The van der Waals surface area contributed by atoms with Crippen LogP contribution in [0.5, 0.6) is 0 Å². The normalized spacial score (nSPS) is 10.9. The molecule has 1 atom stereocenters. The molecule has 0 aromatic heterocycles. The highest BCUT2D eigenvalue weighted by atomic mass is 16.6. The Hall–Kier alpha value is -3.48. The molecule has 6 heteroatoms. The van der Waals surface area contributed by atoms with E-state index < -0.39 is 18.0 Å². The first-order valence-electron chi connectivity index (χ1n) is 9.90. The van der Waals surface area contributed by atoms with Gasteiger partial charge in [-0.1, -0.05) is 66.7 Å². The van der Waals surface area contributed by atoms with E-state index in [-0.39, 0.29) is 19.8 Å². The number of rotatable bonds is 8. The topological polar surface area (TPSA) is 93.1 Å². The van der Waals surface area contributed by atoms with E-state index in [0.717, 1.165) is 5.56 Å². The van der Waals surface area contributed by atoms with E-state index in [1.54, 1.807) is 48.5 Å². The fraction of sp³-hybridized carbons (Fsp3) is 0.200. The first-order chi connectivity index (χ1) is 15.2. The van der Waals surface area contributed by atoms with E-state index in [9.17, 15) is 9.59 Å². The van der Waals surface area contributed by atoms with E-state index in [2.05, 4.69) is 0 Å². The predicted molar refractivity (Wildman–Crippen MR) is 117 cm³/mol. The number of benzene rings is 3. The van der Waals surface area contributed by atoms with Crippen molar-refractivity contribution in [2.75, 3.05) is 19.8 Å². The molecule has 0 amide bonds. The van der Waals surface area contributed by atoms with Crippen LogP contribution in [0, 0.1) is 0 Å². The van der Waals surface area contributed by atoms with Gasteiger partial charge in [-0.25, -0.2) is 9.59 Å². The first-order valence-corrected chi connectivity index (χ1v) is 9.90. The molecule has 3 rings (SSSR count). The minimum atomic E-state index is -0.498. The Bertz CT molecular complexity index is 895. The van der Waals surface area contributed by atoms with Crippen LogP contribution in [-0.2, 0) is 9.47 Å². The highest BCUT2D eigenvalue weighted by molar-refractivity contribution is 5.90. The Balaban J connectivity index is 0.000000785. The van der Waals surface area contributed by atoms with Gasteiger partial charge in [-0.05, 0) is 29.8 Å². The van der Waals surface area contributed by atoms with Crippen molar-refractivity contribution in [1.29, 1.82) is 0 Å². The van der Waals surface area contributed by atoms with E-state index in [4.69, 9.17) is 19.7 Å². The Morgan fingerprint density at radius 3 is 1.61 bits per heavy atom. The number of hydrogen-bond acceptors (Lipinski definition) is 6. The van der Waals surface area contributed by atoms with Gasteiger partial charge in [0.05, 0.1) is 30.9 Å². The maximum absolute atomic E-state index is 12.4. The number of esters is 2. The predicted octanol–water partition coefficient (Wildman–Crippen LogP) is 3.80. The third-order valence-corrected chi connectivity index (χ3v) is 4.15. The van der Waals surface area contributed by atoms with Crippen LogP contribution in [0.15, 0.2) is 91.0 Å². The monoisotopic (exact) mass is 422 g/mol. The van der Waals surface area contributed by atoms with Crippen molar-refractivity contribution in [2.24, 2.45) is 0 Å². The fourth-order valence-electron chi connectivity index (χ4n) is 2.65. The molecule has 0 aliphatic carbocycles. The average molecular weight is 422 g/mol. The second kappa shape index (κ2) is 13.7. The third kappa shape index (κ3) is 8.42. The van der Waals surface area contributed by atoms with E-state index in [1.807, 2.05) is 42.5 Å². The third-order valence-electron chi connectivity index (χ3n) is 4.15. The van der Waals surface area contributed by atoms with Crippen molar-refractivity contribution in [3.8, 4) is 0 Å². The molecule has 0 unspecified atom stereocenters. The summed E-state index contributed by atoms with van der Waals surface area (Å²) in [6.45, 7) is -0.102. The summed E-state index contributed by atoms with van der Waals surface area (Å²) in [7, 11) is 0. The van der Waals surface area contributed by atoms with Crippen LogP contribution in [-0.4, -0.2) is 42.0 Å². The molecule has 3 aromatic carbocycles. The molecule has 2 N–H and O–H groups in total. The first kappa shape index (κ1) is 23.8. The summed E-state index contributed by atoms with van der Waals surface area (Å²) in [5.41, 5.74) is 1.84. The molecule has 31 heavy (non-hydrogen) atoms. The molecule has 0 radical (unpaired) electrons. The van der Waals surface area contributed by atoms with Crippen LogP contribution in [0.3, 0.4) is 0 Å². The van der Waals surface area contributed by atoms with Crippen LogP contribution in [0.4, 0.5) is 0 Å². The molecule has 0 aliphatic heterocycles. The maximum Gasteiger partial charge on any atom is 0.338 e. The molecule has 0 saturated carbocycles. The van der Waals surface area contributed by atoms with Crippen LogP contribution >= 0.6 is 0 Å². The van der Waals surface area contributed by atoms with Crippen molar-refractivity contribution in [2.45, 2.75) is 12.5 Å². The summed E-state index contributed by atoms with van der Waals surface area (Å²) < 4.78 is 11.0. The zero-order chi connectivity index (χ0) is 22.3. The number of carbonyl (C=O) groups excluding carboxylic acids is 2. The zero-order valence-corrected chi connectivity index (χ0v) is 17.1. The van der Waals surface area contributed by atoms with Crippen molar-refractivity contribution < 1.29 is 29.3 Å². The lowest BCUT2D eigenvalue weighted by atomic mass is 10.1. The van der Waals surface area contributed by atoms with Gasteiger partial charge < -0.3 is 19.7 Å². The number of aliphatic hydroxyl groups is 2. The van der Waals surface area contributed by atoms with Gasteiger partial charge >= 0.3 is 11.9 Å². The molecule has 162 valence electrons. The van der Waals surface area contributed by atoms with Gasteiger partial charge in [0.1, 0.15) is 6.10 Å². The Kier molecular flexibility index (Phi) is 10.5. The molecule has 3 aromatic rings. The van der Waals surface area contributed by atoms with E-state index >= 15 is 0 Å². The largest absolute Gasteiger partial charge is 0.462 e. The Morgan fingerprint density at radius 2 is 1.13 bits per heavy atom. The van der Waals surface area contributed by atoms with Gasteiger partial charge in [-0.15, -0.1) is 0 Å². The number of hydrogen-bond donors (Lipinski definition) is 2. The van der Waals surface area contributed by atoms with Gasteiger partial charge in [-0.2, -0.15) is 0 Å². The molecule has 0 fully saturated rings. The standard InChI is InChI=1S/C23H20O4.C2H6O2/c24-22(19-12-6-2-7-13-19)26-17-16-21(18-10-4-1-5-11-18)27-23(25)20-14-8-3-9-15-20;3-1-2-4/h1-15,21H,16-17H2;3-4H,1-2H2/t21-;/m1./s1. The van der Waals surface area contributed by atoms with Crippen molar-refractivity contribution >= 4 is 11.9 Å². The average Bonchev–Trinajstić information content (AvgIpc) is 2.85. The quantitative estimate of drug-likeness (QED) is 0.537. The summed E-state index contributed by atoms with van der Waals surface area (Å²) >= 11 is 0. The van der Waals surface area contributed by atoms with Crippen molar-refractivity contribution in [3.05, 3.63) is 108 Å². The minimum Gasteiger partial charge on any atom is -0.462 e. The molecular weight excluding hydrogens is 396 g/mol. The van der Waals surface area contributed by atoms with Crippen LogP contribution in [0.1, 0.15) is 38.8 Å². The second-order valence-corrected chi connectivity index (χ2v) is 6.41. The lowest BCUT2D eigenvalue weighted by Gasteiger charge is -2.18. The molecular formula is C25H26O6. The molecule has 0 heterocycles. The molecule has 0 saturated heterocycles. The Morgan fingerprint density at radius 1 is 0.677 bits per heavy atom. The van der Waals surface area contributed by atoms with Crippen molar-refractivity contribution in [3.63, 3.8) is 0 Å². The maximum atomic E-state index is 12.4. The number of aliphatic hydroxyl groups excluding tert-OH is 2. The summed E-state index contributed by atoms with van der Waals surface area (Å²) in [6, 6.07) is 27.1. The summed E-state index contributed by atoms with van der Waals surface area (Å²) in [4.78, 5) is 24.5. The highest BCUT2D eigenvalue weighted by Crippen LogP contribution is 2.23. The fourth-order valence-corrected chi connectivity index (χ4v) is 2.65. The highest BCUT2D eigenvalue weighted by Gasteiger charge is 2.19. The SMILES string of the molecule is O=C(OCC[C@@H](OC(=O)c1ccccc1)c1ccccc1)c1ccccc1.OCCO. The molecule has 0 aliphatic rings. The molecule has 0 bridgehead atoms. The lowest BCUT2D eigenvalue weighted by molar-refractivity contribution is 0.0179. The Labute approximate surface area is 181 Å². The number of carbonyl (C=O) groups is 2. The van der Waals surface area contributed by atoms with Crippen LogP contribution in [0.25, 0.3) is 0 Å². The summed E-state index contributed by atoms with van der Waals surface area (Å²) in [6.07, 6.45) is -0.122. The second-order valence-electron chi connectivity index (χ2n) is 6.41. The van der Waals surface area contributed by atoms with Gasteiger partial charge in [0, 0.05) is 6.42 Å². The lowest BCUT2D eigenvalue weighted by Crippen LogP contribution is -2.15. The number of ether oxygens (including phenoxy) is 2. The molecule has 0 spiro atoms. The van der Waals surface area contributed by atoms with Gasteiger partial charge in [0.15, 0.2) is 0 Å². The van der Waals surface area contributed by atoms with E-state index in [0.29, 0.717) is 17.5 Å². The van der Waals surface area contributed by atoms with Crippen LogP contribution < -0.4 is 0 Å². The minimum absolute atomic E-state index is 0.125. The van der Waals surface area contributed by atoms with Crippen LogP contribution in [0.2, 0.25) is 0 Å². The summed E-state index contributed by atoms with van der Waals surface area (Å²) in [5, 5.41) is 15.2.